The highest BCUT2D eigenvalue weighted by Gasteiger charge is 2.36. The normalized spacial score (nSPS) is 19.6. The molecule has 27 heavy (non-hydrogen) atoms. The highest BCUT2D eigenvalue weighted by atomic mass is 127. The van der Waals surface area contributed by atoms with Gasteiger partial charge in [-0.05, 0) is 44.4 Å². The van der Waals surface area contributed by atoms with Crippen LogP contribution in [0.2, 0.25) is 0 Å². The summed E-state index contributed by atoms with van der Waals surface area (Å²) in [6, 6.07) is 0.386. The minimum absolute atomic E-state index is 0. The number of ether oxygens (including phenoxy) is 1. The second kappa shape index (κ2) is 13.6. The molecule has 2 saturated carbocycles. The molecule has 0 aromatic heterocycles. The number of nitrogens with zero attached hydrogens (tertiary/aromatic N) is 1. The lowest BCUT2D eigenvalue weighted by Crippen LogP contribution is -2.42. The van der Waals surface area contributed by atoms with Gasteiger partial charge < -0.3 is 20.7 Å². The smallest absolute Gasteiger partial charge is 0.221 e. The Labute approximate surface area is 182 Å². The summed E-state index contributed by atoms with van der Waals surface area (Å²) in [5, 5.41) is 9.77. The Bertz CT molecular complexity index is 449. The fourth-order valence-electron chi connectivity index (χ4n) is 3.91. The number of guanidine groups is 1. The predicted octanol–water partition coefficient (Wildman–Crippen LogP) is 3.21. The van der Waals surface area contributed by atoms with Crippen LogP contribution in [0.5, 0.6) is 0 Å². The molecule has 2 aliphatic rings. The summed E-state index contributed by atoms with van der Waals surface area (Å²) in [5.41, 5.74) is 0.316. The fourth-order valence-corrected chi connectivity index (χ4v) is 3.91. The molecule has 0 atom stereocenters. The zero-order valence-corrected chi connectivity index (χ0v) is 19.5. The van der Waals surface area contributed by atoms with Crippen molar-refractivity contribution in [3.63, 3.8) is 0 Å². The van der Waals surface area contributed by atoms with Crippen LogP contribution in [0.25, 0.3) is 0 Å². The molecular weight excluding hydrogens is 455 g/mol. The summed E-state index contributed by atoms with van der Waals surface area (Å²) in [6.07, 6.45) is 11.4. The van der Waals surface area contributed by atoms with Gasteiger partial charge in [-0.25, -0.2) is 0 Å². The van der Waals surface area contributed by atoms with Crippen LogP contribution in [0, 0.1) is 5.41 Å². The zero-order chi connectivity index (χ0) is 18.7. The van der Waals surface area contributed by atoms with Crippen molar-refractivity contribution in [1.82, 2.24) is 16.0 Å². The third-order valence-corrected chi connectivity index (χ3v) is 5.78. The van der Waals surface area contributed by atoms with Gasteiger partial charge in [0.15, 0.2) is 5.96 Å². The number of hydrogen-bond acceptors (Lipinski definition) is 3. The van der Waals surface area contributed by atoms with Gasteiger partial charge in [-0.2, -0.15) is 0 Å². The summed E-state index contributed by atoms with van der Waals surface area (Å²) in [5.74, 6) is 0.970. The van der Waals surface area contributed by atoms with Crippen molar-refractivity contribution < 1.29 is 9.53 Å². The first kappa shape index (κ1) is 24.5. The third kappa shape index (κ3) is 8.98. The van der Waals surface area contributed by atoms with Crippen LogP contribution in [0.3, 0.4) is 0 Å². The van der Waals surface area contributed by atoms with Gasteiger partial charge in [-0.1, -0.05) is 25.7 Å². The highest BCUT2D eigenvalue weighted by Crippen LogP contribution is 2.44. The summed E-state index contributed by atoms with van der Waals surface area (Å²) in [7, 11) is 1.76. The van der Waals surface area contributed by atoms with Crippen LogP contribution in [-0.4, -0.2) is 51.3 Å². The predicted molar refractivity (Wildman–Crippen MR) is 122 cm³/mol. The van der Waals surface area contributed by atoms with Crippen LogP contribution in [0.1, 0.15) is 71.1 Å². The van der Waals surface area contributed by atoms with Crippen LogP contribution < -0.4 is 16.0 Å². The maximum absolute atomic E-state index is 12.1. The molecule has 6 nitrogen and oxygen atoms in total. The minimum Gasteiger partial charge on any atom is -0.385 e. The number of methoxy groups -OCH3 is 1. The average molecular weight is 494 g/mol. The number of nitrogens with one attached hydrogen (secondary N) is 3. The molecular formula is C20H39IN4O2. The molecule has 0 heterocycles. The Hall–Kier alpha value is -0.570. The Morgan fingerprint density at radius 1 is 1.15 bits per heavy atom. The Kier molecular flexibility index (Phi) is 12.3. The van der Waals surface area contributed by atoms with E-state index < -0.39 is 0 Å². The van der Waals surface area contributed by atoms with E-state index in [1.54, 1.807) is 7.11 Å². The van der Waals surface area contributed by atoms with Gasteiger partial charge in [-0.15, -0.1) is 24.0 Å². The number of carbonyl (C=O) groups excluding carboxylic acids is 1. The average Bonchev–Trinajstić information content (AvgIpc) is 2.61. The van der Waals surface area contributed by atoms with Crippen LogP contribution in [-0.2, 0) is 9.53 Å². The molecule has 0 unspecified atom stereocenters. The van der Waals surface area contributed by atoms with E-state index in [4.69, 9.17) is 9.73 Å². The SMILES string of the molecule is CCNC(=NCC1(CCOC)CCC1)NCCC(=O)NC1CCCCC1.I. The van der Waals surface area contributed by atoms with Crippen molar-refractivity contribution in [3.8, 4) is 0 Å². The molecule has 0 saturated heterocycles. The summed E-state index contributed by atoms with van der Waals surface area (Å²) in [4.78, 5) is 16.9. The first-order valence-corrected chi connectivity index (χ1v) is 10.5. The van der Waals surface area contributed by atoms with Gasteiger partial charge in [0.05, 0.1) is 0 Å². The quantitative estimate of drug-likeness (QED) is 0.248. The first-order valence-electron chi connectivity index (χ1n) is 10.5. The molecule has 2 aliphatic carbocycles. The van der Waals surface area contributed by atoms with E-state index >= 15 is 0 Å². The second-order valence-electron chi connectivity index (χ2n) is 7.87. The Balaban J connectivity index is 0.00000364. The number of carbonyl (C=O) groups is 1. The van der Waals surface area contributed by atoms with Gasteiger partial charge in [0.25, 0.3) is 0 Å². The molecule has 3 N–H and O–H groups in total. The van der Waals surface area contributed by atoms with Crippen molar-refractivity contribution in [3.05, 3.63) is 0 Å². The molecule has 0 aromatic rings. The lowest BCUT2D eigenvalue weighted by molar-refractivity contribution is -0.121. The molecule has 0 radical (unpaired) electrons. The van der Waals surface area contributed by atoms with E-state index in [1.165, 1.54) is 38.5 Å². The molecule has 0 aliphatic heterocycles. The van der Waals surface area contributed by atoms with Crippen molar-refractivity contribution in [1.29, 1.82) is 0 Å². The van der Waals surface area contributed by atoms with Gasteiger partial charge in [-0.3, -0.25) is 9.79 Å². The van der Waals surface area contributed by atoms with E-state index in [1.807, 2.05) is 0 Å². The molecule has 7 heteroatoms. The van der Waals surface area contributed by atoms with E-state index in [-0.39, 0.29) is 29.9 Å². The third-order valence-electron chi connectivity index (χ3n) is 5.78. The molecule has 2 fully saturated rings. The fraction of sp³-hybridized carbons (Fsp3) is 0.900. The number of aliphatic imine (C=N–C) groups is 1. The summed E-state index contributed by atoms with van der Waals surface area (Å²) >= 11 is 0. The van der Waals surface area contributed by atoms with Gasteiger partial charge in [0, 0.05) is 45.8 Å². The summed E-state index contributed by atoms with van der Waals surface area (Å²) < 4.78 is 5.26. The standard InChI is InChI=1S/C20H38N4O2.HI/c1-3-21-19(23-16-20(11-7-12-20)13-15-26-2)22-14-10-18(25)24-17-8-5-4-6-9-17;/h17H,3-16H2,1-2H3,(H,24,25)(H2,21,22,23);1H. The number of amides is 1. The first-order chi connectivity index (χ1) is 12.7. The zero-order valence-electron chi connectivity index (χ0n) is 17.1. The highest BCUT2D eigenvalue weighted by molar-refractivity contribution is 14.0. The number of halogens is 1. The molecule has 0 bridgehead atoms. The van der Waals surface area contributed by atoms with Crippen LogP contribution >= 0.6 is 24.0 Å². The van der Waals surface area contributed by atoms with Crippen molar-refractivity contribution >= 4 is 35.8 Å². The van der Waals surface area contributed by atoms with Crippen LogP contribution in [0.4, 0.5) is 0 Å². The molecule has 1 amide bonds. The lowest BCUT2D eigenvalue weighted by Gasteiger charge is -2.40. The molecule has 2 rings (SSSR count). The summed E-state index contributed by atoms with van der Waals surface area (Å²) in [6.45, 7) is 5.15. The van der Waals surface area contributed by atoms with Crippen molar-refractivity contribution in [2.24, 2.45) is 10.4 Å². The second-order valence-corrected chi connectivity index (χ2v) is 7.87. The number of rotatable bonds is 10. The molecule has 158 valence electrons. The van der Waals surface area contributed by atoms with Crippen molar-refractivity contribution in [2.75, 3.05) is 33.4 Å². The van der Waals surface area contributed by atoms with E-state index in [0.29, 0.717) is 24.4 Å². The van der Waals surface area contributed by atoms with E-state index in [0.717, 1.165) is 44.9 Å². The monoisotopic (exact) mass is 494 g/mol. The Morgan fingerprint density at radius 3 is 2.48 bits per heavy atom. The molecule has 0 aromatic carbocycles. The van der Waals surface area contributed by atoms with Gasteiger partial charge >= 0.3 is 0 Å². The van der Waals surface area contributed by atoms with Crippen molar-refractivity contribution in [2.45, 2.75) is 77.2 Å². The van der Waals surface area contributed by atoms with Gasteiger partial charge in [0.2, 0.25) is 5.91 Å². The lowest BCUT2D eigenvalue weighted by atomic mass is 9.67. The maximum Gasteiger partial charge on any atom is 0.221 e. The molecule has 0 spiro atoms. The number of hydrogen-bond donors (Lipinski definition) is 3. The minimum atomic E-state index is 0. The Morgan fingerprint density at radius 2 is 1.89 bits per heavy atom. The maximum atomic E-state index is 12.1. The van der Waals surface area contributed by atoms with Gasteiger partial charge in [0.1, 0.15) is 0 Å². The topological polar surface area (TPSA) is 74.8 Å². The largest absolute Gasteiger partial charge is 0.385 e. The van der Waals surface area contributed by atoms with E-state index in [9.17, 15) is 4.79 Å². The van der Waals surface area contributed by atoms with E-state index in [2.05, 4.69) is 22.9 Å². The van der Waals surface area contributed by atoms with Crippen LogP contribution in [0.15, 0.2) is 4.99 Å².